The van der Waals surface area contributed by atoms with Crippen molar-refractivity contribution in [2.75, 3.05) is 25.5 Å². The van der Waals surface area contributed by atoms with E-state index < -0.39 is 21.3 Å². The molecule has 0 spiro atoms. The van der Waals surface area contributed by atoms with Gasteiger partial charge >= 0.3 is 0 Å². The molecule has 1 aliphatic heterocycles. The van der Waals surface area contributed by atoms with Gasteiger partial charge in [0.15, 0.2) is 0 Å². The standard InChI is InChI=1S/C9H18N2O4S/c1-2-16(13,14)11-8(12)9(7-10)3-5-15-6-4-9/h2-7,10H2,1H3,(H,11,12). The Morgan fingerprint density at radius 1 is 1.44 bits per heavy atom. The van der Waals surface area contributed by atoms with Gasteiger partial charge < -0.3 is 10.5 Å². The molecule has 1 aliphatic rings. The first-order valence-corrected chi connectivity index (χ1v) is 6.94. The van der Waals surface area contributed by atoms with Crippen molar-refractivity contribution in [2.24, 2.45) is 11.1 Å². The Kier molecular flexibility index (Phi) is 4.28. The van der Waals surface area contributed by atoms with Crippen molar-refractivity contribution >= 4 is 15.9 Å². The van der Waals surface area contributed by atoms with Crippen LogP contribution in [0.15, 0.2) is 0 Å². The zero-order valence-corrected chi connectivity index (χ0v) is 10.2. The molecule has 1 heterocycles. The van der Waals surface area contributed by atoms with Gasteiger partial charge in [0.25, 0.3) is 0 Å². The summed E-state index contributed by atoms with van der Waals surface area (Å²) < 4.78 is 29.8. The zero-order chi connectivity index (χ0) is 12.2. The summed E-state index contributed by atoms with van der Waals surface area (Å²) >= 11 is 0. The Bertz CT molecular complexity index is 347. The molecule has 0 saturated carbocycles. The lowest BCUT2D eigenvalue weighted by Gasteiger charge is -2.34. The van der Waals surface area contributed by atoms with Gasteiger partial charge in [0.05, 0.1) is 11.2 Å². The Morgan fingerprint density at radius 3 is 2.44 bits per heavy atom. The van der Waals surface area contributed by atoms with E-state index in [0.717, 1.165) is 0 Å². The van der Waals surface area contributed by atoms with Crippen molar-refractivity contribution < 1.29 is 17.9 Å². The summed E-state index contributed by atoms with van der Waals surface area (Å²) in [5.41, 5.74) is 4.80. The summed E-state index contributed by atoms with van der Waals surface area (Å²) in [6.45, 7) is 2.50. The molecule has 3 N–H and O–H groups in total. The summed E-state index contributed by atoms with van der Waals surface area (Å²) in [4.78, 5) is 11.9. The van der Waals surface area contributed by atoms with Crippen molar-refractivity contribution in [3.8, 4) is 0 Å². The summed E-state index contributed by atoms with van der Waals surface area (Å²) in [5, 5.41) is 0. The van der Waals surface area contributed by atoms with Gasteiger partial charge in [0.2, 0.25) is 15.9 Å². The second-order valence-electron chi connectivity index (χ2n) is 3.93. The minimum absolute atomic E-state index is 0.115. The molecule has 0 radical (unpaired) electrons. The molecule has 1 fully saturated rings. The lowest BCUT2D eigenvalue weighted by Crippen LogP contribution is -2.50. The van der Waals surface area contributed by atoms with Crippen LogP contribution in [0.2, 0.25) is 0 Å². The SMILES string of the molecule is CCS(=O)(=O)NC(=O)C1(CN)CCOCC1. The minimum atomic E-state index is -3.51. The highest BCUT2D eigenvalue weighted by molar-refractivity contribution is 7.90. The maximum absolute atomic E-state index is 11.9. The number of nitrogens with two attached hydrogens (primary N) is 1. The topological polar surface area (TPSA) is 98.5 Å². The first kappa shape index (κ1) is 13.4. The fourth-order valence-electron chi connectivity index (χ4n) is 1.61. The van der Waals surface area contributed by atoms with Gasteiger partial charge in [-0.25, -0.2) is 8.42 Å². The fraction of sp³-hybridized carbons (Fsp3) is 0.889. The van der Waals surface area contributed by atoms with Gasteiger partial charge in [-0.05, 0) is 19.8 Å². The molecule has 0 aromatic heterocycles. The number of hydrogen-bond donors (Lipinski definition) is 2. The summed E-state index contributed by atoms with van der Waals surface area (Å²) in [7, 11) is -3.51. The molecule has 0 bridgehead atoms. The molecule has 16 heavy (non-hydrogen) atoms. The second-order valence-corrected chi connectivity index (χ2v) is 5.94. The summed E-state index contributed by atoms with van der Waals surface area (Å²) in [5.74, 6) is -0.615. The highest BCUT2D eigenvalue weighted by Crippen LogP contribution is 2.29. The van der Waals surface area contributed by atoms with Crippen LogP contribution in [0.3, 0.4) is 0 Å². The van der Waals surface area contributed by atoms with E-state index in [1.54, 1.807) is 0 Å². The Balaban J connectivity index is 2.77. The van der Waals surface area contributed by atoms with E-state index in [2.05, 4.69) is 4.72 Å². The van der Waals surface area contributed by atoms with Crippen LogP contribution >= 0.6 is 0 Å². The number of amides is 1. The van der Waals surface area contributed by atoms with Gasteiger partial charge in [-0.2, -0.15) is 0 Å². The number of sulfonamides is 1. The Morgan fingerprint density at radius 2 is 2.00 bits per heavy atom. The molecular weight excluding hydrogens is 232 g/mol. The van der Waals surface area contributed by atoms with Crippen LogP contribution in [-0.2, 0) is 19.6 Å². The predicted octanol–water partition coefficient (Wildman–Crippen LogP) is -0.792. The van der Waals surface area contributed by atoms with E-state index in [9.17, 15) is 13.2 Å². The summed E-state index contributed by atoms with van der Waals surface area (Å²) in [6, 6.07) is 0. The van der Waals surface area contributed by atoms with Gasteiger partial charge in [0.1, 0.15) is 0 Å². The van der Waals surface area contributed by atoms with Crippen molar-refractivity contribution in [1.82, 2.24) is 4.72 Å². The molecule has 6 nitrogen and oxygen atoms in total. The molecule has 94 valence electrons. The quantitative estimate of drug-likeness (QED) is 0.681. The van der Waals surface area contributed by atoms with Crippen LogP contribution in [0.1, 0.15) is 19.8 Å². The monoisotopic (exact) mass is 250 g/mol. The number of carbonyl (C=O) groups is 1. The van der Waals surface area contributed by atoms with Gasteiger partial charge in [-0.3, -0.25) is 9.52 Å². The Hall–Kier alpha value is -0.660. The smallest absolute Gasteiger partial charge is 0.241 e. The zero-order valence-electron chi connectivity index (χ0n) is 9.36. The average molecular weight is 250 g/mol. The van der Waals surface area contributed by atoms with E-state index in [4.69, 9.17) is 10.5 Å². The van der Waals surface area contributed by atoms with E-state index in [1.165, 1.54) is 6.92 Å². The maximum atomic E-state index is 11.9. The number of rotatable bonds is 4. The highest BCUT2D eigenvalue weighted by Gasteiger charge is 2.40. The van der Waals surface area contributed by atoms with Crippen LogP contribution in [-0.4, -0.2) is 39.8 Å². The van der Waals surface area contributed by atoms with Gasteiger partial charge in [-0.15, -0.1) is 0 Å². The minimum Gasteiger partial charge on any atom is -0.381 e. The molecule has 0 atom stereocenters. The van der Waals surface area contributed by atoms with E-state index >= 15 is 0 Å². The molecule has 1 saturated heterocycles. The van der Waals surface area contributed by atoms with Crippen LogP contribution in [0.4, 0.5) is 0 Å². The van der Waals surface area contributed by atoms with Gasteiger partial charge in [0, 0.05) is 19.8 Å². The first-order valence-electron chi connectivity index (χ1n) is 5.28. The fourth-order valence-corrected chi connectivity index (χ4v) is 2.25. The van der Waals surface area contributed by atoms with Crippen molar-refractivity contribution in [1.29, 1.82) is 0 Å². The van der Waals surface area contributed by atoms with Crippen molar-refractivity contribution in [2.45, 2.75) is 19.8 Å². The third-order valence-electron chi connectivity index (χ3n) is 2.95. The highest BCUT2D eigenvalue weighted by atomic mass is 32.2. The average Bonchev–Trinajstić information content (AvgIpc) is 2.29. The van der Waals surface area contributed by atoms with Crippen LogP contribution < -0.4 is 10.5 Å². The van der Waals surface area contributed by atoms with Crippen molar-refractivity contribution in [3.05, 3.63) is 0 Å². The molecule has 0 aromatic carbocycles. The number of carbonyl (C=O) groups excluding carboxylic acids is 1. The molecule has 1 rings (SSSR count). The molecule has 1 amide bonds. The van der Waals surface area contributed by atoms with E-state index in [0.29, 0.717) is 26.1 Å². The van der Waals surface area contributed by atoms with Crippen molar-refractivity contribution in [3.63, 3.8) is 0 Å². The normalized spacial score (nSPS) is 20.4. The first-order chi connectivity index (χ1) is 7.46. The third kappa shape index (κ3) is 2.93. The number of nitrogens with one attached hydrogen (secondary N) is 1. The molecular formula is C9H18N2O4S. The van der Waals surface area contributed by atoms with Crippen LogP contribution in [0.5, 0.6) is 0 Å². The molecule has 0 unspecified atom stereocenters. The lowest BCUT2D eigenvalue weighted by molar-refractivity contribution is -0.133. The Labute approximate surface area is 95.6 Å². The maximum Gasteiger partial charge on any atom is 0.241 e. The number of hydrogen-bond acceptors (Lipinski definition) is 5. The second kappa shape index (κ2) is 5.11. The van der Waals surface area contributed by atoms with Crippen LogP contribution in [0.25, 0.3) is 0 Å². The van der Waals surface area contributed by atoms with E-state index in [1.807, 2.05) is 0 Å². The lowest BCUT2D eigenvalue weighted by atomic mass is 9.80. The van der Waals surface area contributed by atoms with Crippen LogP contribution in [0, 0.1) is 5.41 Å². The van der Waals surface area contributed by atoms with Gasteiger partial charge in [-0.1, -0.05) is 0 Å². The summed E-state index contributed by atoms with van der Waals surface area (Å²) in [6.07, 6.45) is 0.934. The number of ether oxygens (including phenoxy) is 1. The molecule has 0 aromatic rings. The predicted molar refractivity (Wildman–Crippen MR) is 59.1 cm³/mol. The third-order valence-corrected chi connectivity index (χ3v) is 4.21. The molecule has 7 heteroatoms. The van der Waals surface area contributed by atoms with E-state index in [-0.39, 0.29) is 12.3 Å². The molecule has 0 aliphatic carbocycles. The largest absolute Gasteiger partial charge is 0.381 e.